The molecule has 1 atom stereocenters. The standard InChI is InChI=1S/C12H21N5/c1-10(2)7-14-12(13)15-8-11(3)9-17-6-4-5-16-17/h4-6,11H,1,7-9H2,2-3H3,(H3,13,14,15). The number of nitrogens with one attached hydrogen (secondary N) is 1. The first-order valence-electron chi connectivity index (χ1n) is 5.73. The second-order valence-corrected chi connectivity index (χ2v) is 4.37. The molecule has 0 bridgehead atoms. The number of guanidine groups is 1. The van der Waals surface area contributed by atoms with Crippen LogP contribution in [-0.2, 0) is 6.54 Å². The minimum absolute atomic E-state index is 0.403. The number of hydrogen-bond donors (Lipinski definition) is 2. The number of aromatic nitrogens is 2. The van der Waals surface area contributed by atoms with E-state index in [1.54, 1.807) is 6.20 Å². The fraction of sp³-hybridized carbons (Fsp3) is 0.500. The molecule has 5 nitrogen and oxygen atoms in total. The molecule has 0 saturated heterocycles. The Bertz CT molecular complexity index is 366. The Balaban J connectivity index is 2.28. The molecule has 94 valence electrons. The highest BCUT2D eigenvalue weighted by Gasteiger charge is 2.02. The lowest BCUT2D eigenvalue weighted by Crippen LogP contribution is -2.33. The third-order valence-corrected chi connectivity index (χ3v) is 2.20. The van der Waals surface area contributed by atoms with Crippen molar-refractivity contribution in [3.8, 4) is 0 Å². The highest BCUT2D eigenvalue weighted by atomic mass is 15.3. The van der Waals surface area contributed by atoms with Crippen LogP contribution in [0.25, 0.3) is 0 Å². The van der Waals surface area contributed by atoms with E-state index in [-0.39, 0.29) is 0 Å². The lowest BCUT2D eigenvalue weighted by Gasteiger charge is -2.10. The molecule has 17 heavy (non-hydrogen) atoms. The smallest absolute Gasteiger partial charge is 0.188 e. The number of aliphatic imine (C=N–C) groups is 1. The van der Waals surface area contributed by atoms with Crippen molar-refractivity contribution >= 4 is 5.96 Å². The summed E-state index contributed by atoms with van der Waals surface area (Å²) in [6.07, 6.45) is 3.72. The van der Waals surface area contributed by atoms with Gasteiger partial charge in [-0.25, -0.2) is 0 Å². The van der Waals surface area contributed by atoms with Gasteiger partial charge in [-0.05, 0) is 18.9 Å². The summed E-state index contributed by atoms with van der Waals surface area (Å²) in [7, 11) is 0. The zero-order valence-corrected chi connectivity index (χ0v) is 10.6. The van der Waals surface area contributed by atoms with Gasteiger partial charge in [-0.3, -0.25) is 9.67 Å². The SMILES string of the molecule is C=C(C)CNC(N)=NCC(C)Cn1cccn1. The van der Waals surface area contributed by atoms with Crippen molar-refractivity contribution in [3.63, 3.8) is 0 Å². The van der Waals surface area contributed by atoms with E-state index >= 15 is 0 Å². The van der Waals surface area contributed by atoms with E-state index in [9.17, 15) is 0 Å². The molecule has 0 aliphatic heterocycles. The van der Waals surface area contributed by atoms with Gasteiger partial charge in [0.1, 0.15) is 0 Å². The number of nitrogens with two attached hydrogens (primary N) is 1. The van der Waals surface area contributed by atoms with Gasteiger partial charge in [0, 0.05) is 32.0 Å². The molecule has 0 aliphatic carbocycles. The molecule has 0 aromatic carbocycles. The summed E-state index contributed by atoms with van der Waals surface area (Å²) in [6, 6.07) is 1.92. The van der Waals surface area contributed by atoms with Crippen LogP contribution in [0.2, 0.25) is 0 Å². The van der Waals surface area contributed by atoms with Gasteiger partial charge in [0.15, 0.2) is 5.96 Å². The van der Waals surface area contributed by atoms with Gasteiger partial charge in [-0.1, -0.05) is 19.1 Å². The van der Waals surface area contributed by atoms with Gasteiger partial charge < -0.3 is 11.1 Å². The number of rotatable bonds is 6. The van der Waals surface area contributed by atoms with Crippen LogP contribution in [0, 0.1) is 5.92 Å². The molecule has 0 fully saturated rings. The normalized spacial score (nSPS) is 13.4. The Hall–Kier alpha value is -1.78. The summed E-state index contributed by atoms with van der Waals surface area (Å²) < 4.78 is 1.90. The van der Waals surface area contributed by atoms with Crippen LogP contribution >= 0.6 is 0 Å². The topological polar surface area (TPSA) is 68.2 Å². The van der Waals surface area contributed by atoms with Crippen molar-refractivity contribution in [1.29, 1.82) is 0 Å². The lowest BCUT2D eigenvalue weighted by atomic mass is 10.2. The van der Waals surface area contributed by atoms with E-state index in [2.05, 4.69) is 28.9 Å². The van der Waals surface area contributed by atoms with E-state index in [1.807, 2.05) is 23.9 Å². The highest BCUT2D eigenvalue weighted by molar-refractivity contribution is 5.78. The van der Waals surface area contributed by atoms with Crippen LogP contribution in [-0.4, -0.2) is 28.8 Å². The maximum absolute atomic E-state index is 5.72. The van der Waals surface area contributed by atoms with Crippen molar-refractivity contribution in [3.05, 3.63) is 30.6 Å². The van der Waals surface area contributed by atoms with E-state index in [1.165, 1.54) is 0 Å². The van der Waals surface area contributed by atoms with Crippen LogP contribution < -0.4 is 11.1 Å². The van der Waals surface area contributed by atoms with Crippen LogP contribution in [0.5, 0.6) is 0 Å². The molecule has 1 unspecified atom stereocenters. The summed E-state index contributed by atoms with van der Waals surface area (Å²) in [5.41, 5.74) is 6.75. The molecule has 0 spiro atoms. The van der Waals surface area contributed by atoms with Crippen molar-refractivity contribution < 1.29 is 0 Å². The summed E-state index contributed by atoms with van der Waals surface area (Å²) in [4.78, 5) is 4.28. The molecule has 1 rings (SSSR count). The summed E-state index contributed by atoms with van der Waals surface area (Å²) in [5.74, 6) is 0.875. The van der Waals surface area contributed by atoms with E-state index in [4.69, 9.17) is 5.73 Å². The largest absolute Gasteiger partial charge is 0.370 e. The Labute approximate surface area is 102 Å². The molecular formula is C12H21N5. The first-order valence-corrected chi connectivity index (χ1v) is 5.73. The van der Waals surface area contributed by atoms with Crippen molar-refractivity contribution in [1.82, 2.24) is 15.1 Å². The van der Waals surface area contributed by atoms with Gasteiger partial charge in [-0.15, -0.1) is 0 Å². The first kappa shape index (κ1) is 13.3. The van der Waals surface area contributed by atoms with E-state index < -0.39 is 0 Å². The molecule has 0 radical (unpaired) electrons. The summed E-state index contributed by atoms with van der Waals surface area (Å²) in [6.45, 7) is 10.1. The number of hydrogen-bond acceptors (Lipinski definition) is 2. The van der Waals surface area contributed by atoms with Crippen molar-refractivity contribution in [2.24, 2.45) is 16.6 Å². The van der Waals surface area contributed by atoms with Crippen LogP contribution in [0.4, 0.5) is 0 Å². The summed E-state index contributed by atoms with van der Waals surface area (Å²) >= 11 is 0. The fourth-order valence-corrected chi connectivity index (χ4v) is 1.34. The predicted molar refractivity (Wildman–Crippen MR) is 70.7 cm³/mol. The molecule has 0 saturated carbocycles. The maximum atomic E-state index is 5.72. The Morgan fingerprint density at radius 3 is 3.00 bits per heavy atom. The third kappa shape index (κ3) is 5.75. The quantitative estimate of drug-likeness (QED) is 0.439. The molecular weight excluding hydrogens is 214 g/mol. The Morgan fingerprint density at radius 1 is 1.65 bits per heavy atom. The molecule has 3 N–H and O–H groups in total. The third-order valence-electron chi connectivity index (χ3n) is 2.20. The minimum atomic E-state index is 0.403. The monoisotopic (exact) mass is 235 g/mol. The molecule has 1 aromatic rings. The van der Waals surface area contributed by atoms with Crippen LogP contribution in [0.1, 0.15) is 13.8 Å². The minimum Gasteiger partial charge on any atom is -0.370 e. The summed E-state index contributed by atoms with van der Waals surface area (Å²) in [5, 5.41) is 7.15. The van der Waals surface area contributed by atoms with E-state index in [0.717, 1.165) is 12.1 Å². The van der Waals surface area contributed by atoms with Gasteiger partial charge in [0.25, 0.3) is 0 Å². The zero-order valence-electron chi connectivity index (χ0n) is 10.6. The Morgan fingerprint density at radius 2 is 2.41 bits per heavy atom. The molecule has 1 heterocycles. The average molecular weight is 235 g/mol. The zero-order chi connectivity index (χ0) is 12.7. The van der Waals surface area contributed by atoms with Crippen molar-refractivity contribution in [2.75, 3.05) is 13.1 Å². The Kier molecular flexibility index (Phi) is 5.26. The predicted octanol–water partition coefficient (Wildman–Crippen LogP) is 1.000. The van der Waals surface area contributed by atoms with Gasteiger partial charge in [-0.2, -0.15) is 5.10 Å². The molecule has 0 aliphatic rings. The van der Waals surface area contributed by atoms with Gasteiger partial charge >= 0.3 is 0 Å². The van der Waals surface area contributed by atoms with E-state index in [0.29, 0.717) is 25.0 Å². The first-order chi connectivity index (χ1) is 8.08. The van der Waals surface area contributed by atoms with Crippen LogP contribution in [0.15, 0.2) is 35.6 Å². The average Bonchev–Trinajstić information content (AvgIpc) is 2.76. The maximum Gasteiger partial charge on any atom is 0.188 e. The molecule has 0 amide bonds. The van der Waals surface area contributed by atoms with Crippen molar-refractivity contribution in [2.45, 2.75) is 20.4 Å². The fourth-order valence-electron chi connectivity index (χ4n) is 1.34. The van der Waals surface area contributed by atoms with Crippen LogP contribution in [0.3, 0.4) is 0 Å². The number of nitrogens with zero attached hydrogens (tertiary/aromatic N) is 3. The van der Waals surface area contributed by atoms with Gasteiger partial charge in [0.2, 0.25) is 0 Å². The second-order valence-electron chi connectivity index (χ2n) is 4.37. The molecule has 5 heteroatoms. The van der Waals surface area contributed by atoms with Gasteiger partial charge in [0.05, 0.1) is 0 Å². The second kappa shape index (κ2) is 6.73. The lowest BCUT2D eigenvalue weighted by molar-refractivity contribution is 0.459. The molecule has 1 aromatic heterocycles. The highest BCUT2D eigenvalue weighted by Crippen LogP contribution is 1.99.